The van der Waals surface area contributed by atoms with Gasteiger partial charge in [-0.1, -0.05) is 6.07 Å². The minimum absolute atomic E-state index is 0.633. The van der Waals surface area contributed by atoms with Crippen molar-refractivity contribution < 1.29 is 9.47 Å². The van der Waals surface area contributed by atoms with E-state index in [9.17, 15) is 0 Å². The Morgan fingerprint density at radius 3 is 2.94 bits per heavy atom. The zero-order chi connectivity index (χ0) is 11.9. The van der Waals surface area contributed by atoms with Crippen LogP contribution in [-0.4, -0.2) is 44.4 Å². The summed E-state index contributed by atoms with van der Waals surface area (Å²) < 4.78 is 10.9. The Morgan fingerprint density at radius 1 is 1.35 bits per heavy atom. The first-order valence-electron chi connectivity index (χ1n) is 5.81. The minimum Gasteiger partial charge on any atom is -0.492 e. The fourth-order valence-electron chi connectivity index (χ4n) is 1.77. The lowest BCUT2D eigenvalue weighted by Crippen LogP contribution is -2.38. The Labute approximate surface area is 101 Å². The van der Waals surface area contributed by atoms with Gasteiger partial charge >= 0.3 is 0 Å². The third kappa shape index (κ3) is 3.74. The largest absolute Gasteiger partial charge is 0.492 e. The first-order valence-corrected chi connectivity index (χ1v) is 5.81. The van der Waals surface area contributed by atoms with Crippen molar-refractivity contribution in [3.63, 3.8) is 0 Å². The van der Waals surface area contributed by atoms with E-state index in [4.69, 9.17) is 14.7 Å². The molecule has 0 radical (unpaired) electrons. The molecule has 4 heteroatoms. The summed E-state index contributed by atoms with van der Waals surface area (Å²) in [5.41, 5.74) is 0.633. The maximum absolute atomic E-state index is 8.76. The van der Waals surface area contributed by atoms with Gasteiger partial charge in [-0.3, -0.25) is 4.90 Å². The molecule has 90 valence electrons. The fourth-order valence-corrected chi connectivity index (χ4v) is 1.77. The zero-order valence-corrected chi connectivity index (χ0v) is 9.76. The molecule has 1 fully saturated rings. The highest BCUT2D eigenvalue weighted by Crippen LogP contribution is 2.12. The summed E-state index contributed by atoms with van der Waals surface area (Å²) in [4.78, 5) is 2.32. The van der Waals surface area contributed by atoms with Crippen LogP contribution in [0.1, 0.15) is 5.56 Å². The molecule has 4 nitrogen and oxygen atoms in total. The van der Waals surface area contributed by atoms with Crippen molar-refractivity contribution in [3.05, 3.63) is 29.8 Å². The van der Waals surface area contributed by atoms with E-state index in [-0.39, 0.29) is 0 Å². The molecule has 1 aromatic rings. The Hall–Kier alpha value is -1.57. The van der Waals surface area contributed by atoms with E-state index >= 15 is 0 Å². The maximum Gasteiger partial charge on any atom is 0.120 e. The smallest absolute Gasteiger partial charge is 0.120 e. The molecule has 1 aliphatic rings. The summed E-state index contributed by atoms with van der Waals surface area (Å²) in [5, 5.41) is 8.76. The molecule has 0 N–H and O–H groups in total. The first-order chi connectivity index (χ1) is 8.38. The number of morpholine rings is 1. The topological polar surface area (TPSA) is 45.5 Å². The molecule has 0 amide bonds. The van der Waals surface area contributed by atoms with E-state index in [0.29, 0.717) is 12.2 Å². The summed E-state index contributed by atoms with van der Waals surface area (Å²) in [5.74, 6) is 0.761. The van der Waals surface area contributed by atoms with Gasteiger partial charge in [0.15, 0.2) is 0 Å². The number of nitriles is 1. The van der Waals surface area contributed by atoms with Crippen molar-refractivity contribution in [3.8, 4) is 11.8 Å². The lowest BCUT2D eigenvalue weighted by atomic mass is 10.2. The molecule has 0 saturated carbocycles. The van der Waals surface area contributed by atoms with Gasteiger partial charge in [-0.05, 0) is 18.2 Å². The van der Waals surface area contributed by atoms with Crippen LogP contribution in [0.3, 0.4) is 0 Å². The second-order valence-corrected chi connectivity index (χ2v) is 3.94. The third-order valence-corrected chi connectivity index (χ3v) is 2.74. The minimum atomic E-state index is 0.633. The van der Waals surface area contributed by atoms with Gasteiger partial charge in [0.25, 0.3) is 0 Å². The van der Waals surface area contributed by atoms with Crippen molar-refractivity contribution in [2.45, 2.75) is 0 Å². The number of rotatable bonds is 4. The van der Waals surface area contributed by atoms with E-state index in [1.165, 1.54) is 0 Å². The fraction of sp³-hybridized carbons (Fsp3) is 0.462. The van der Waals surface area contributed by atoms with Crippen molar-refractivity contribution in [2.75, 3.05) is 39.5 Å². The average molecular weight is 232 g/mol. The predicted molar refractivity (Wildman–Crippen MR) is 63.9 cm³/mol. The van der Waals surface area contributed by atoms with Gasteiger partial charge in [-0.25, -0.2) is 0 Å². The Bertz CT molecular complexity index is 395. The molecule has 0 atom stereocenters. The highest BCUT2D eigenvalue weighted by molar-refractivity contribution is 5.36. The maximum atomic E-state index is 8.76. The van der Waals surface area contributed by atoms with Crippen LogP contribution in [0.15, 0.2) is 24.3 Å². The lowest BCUT2D eigenvalue weighted by Gasteiger charge is -2.26. The highest BCUT2D eigenvalue weighted by Gasteiger charge is 2.09. The number of ether oxygens (including phenoxy) is 2. The van der Waals surface area contributed by atoms with Gasteiger partial charge in [0.05, 0.1) is 24.8 Å². The lowest BCUT2D eigenvalue weighted by molar-refractivity contribution is 0.0322. The molecule has 1 aromatic carbocycles. The van der Waals surface area contributed by atoms with E-state index in [1.54, 1.807) is 12.1 Å². The molecule has 0 bridgehead atoms. The van der Waals surface area contributed by atoms with E-state index in [2.05, 4.69) is 11.0 Å². The van der Waals surface area contributed by atoms with Crippen molar-refractivity contribution >= 4 is 0 Å². The number of hydrogen-bond donors (Lipinski definition) is 0. The van der Waals surface area contributed by atoms with Crippen LogP contribution in [0, 0.1) is 11.3 Å². The van der Waals surface area contributed by atoms with Crippen molar-refractivity contribution in [2.24, 2.45) is 0 Å². The molecule has 17 heavy (non-hydrogen) atoms. The quantitative estimate of drug-likeness (QED) is 0.784. The van der Waals surface area contributed by atoms with Crippen molar-refractivity contribution in [1.82, 2.24) is 4.90 Å². The van der Waals surface area contributed by atoms with Crippen LogP contribution in [0.2, 0.25) is 0 Å². The van der Waals surface area contributed by atoms with E-state index in [0.717, 1.165) is 38.6 Å². The molecular weight excluding hydrogens is 216 g/mol. The summed E-state index contributed by atoms with van der Waals surface area (Å²) in [6.45, 7) is 5.12. The molecule has 0 spiro atoms. The second kappa shape index (κ2) is 6.24. The first kappa shape index (κ1) is 11.9. The Kier molecular flexibility index (Phi) is 4.37. The van der Waals surface area contributed by atoms with Gasteiger partial charge in [0, 0.05) is 19.6 Å². The zero-order valence-electron chi connectivity index (χ0n) is 9.76. The van der Waals surface area contributed by atoms with Crippen LogP contribution in [0.5, 0.6) is 5.75 Å². The van der Waals surface area contributed by atoms with Gasteiger partial charge in [0.1, 0.15) is 12.4 Å². The van der Waals surface area contributed by atoms with Gasteiger partial charge in [0.2, 0.25) is 0 Å². The summed E-state index contributed by atoms with van der Waals surface area (Å²) in [6.07, 6.45) is 0. The van der Waals surface area contributed by atoms with E-state index in [1.807, 2.05) is 12.1 Å². The normalized spacial score (nSPS) is 16.4. The highest BCUT2D eigenvalue weighted by atomic mass is 16.5. The van der Waals surface area contributed by atoms with Crippen LogP contribution >= 0.6 is 0 Å². The average Bonchev–Trinajstić information content (AvgIpc) is 2.40. The monoisotopic (exact) mass is 232 g/mol. The Morgan fingerprint density at radius 2 is 2.18 bits per heavy atom. The van der Waals surface area contributed by atoms with Crippen LogP contribution in [0.25, 0.3) is 0 Å². The molecule has 1 heterocycles. The van der Waals surface area contributed by atoms with Gasteiger partial charge in [-0.15, -0.1) is 0 Å². The van der Waals surface area contributed by atoms with Crippen LogP contribution in [0.4, 0.5) is 0 Å². The Balaban J connectivity index is 1.75. The molecule has 1 saturated heterocycles. The second-order valence-electron chi connectivity index (χ2n) is 3.94. The molecule has 0 unspecified atom stereocenters. The molecule has 0 aromatic heterocycles. The standard InChI is InChI=1S/C13H16N2O2/c14-11-12-2-1-3-13(10-12)17-9-6-15-4-7-16-8-5-15/h1-3,10H,4-9H2. The third-order valence-electron chi connectivity index (χ3n) is 2.74. The number of benzene rings is 1. The van der Waals surface area contributed by atoms with E-state index < -0.39 is 0 Å². The number of nitrogens with zero attached hydrogens (tertiary/aromatic N) is 2. The number of hydrogen-bond acceptors (Lipinski definition) is 4. The van der Waals surface area contributed by atoms with Crippen molar-refractivity contribution in [1.29, 1.82) is 5.26 Å². The van der Waals surface area contributed by atoms with Crippen LogP contribution in [-0.2, 0) is 4.74 Å². The molecule has 1 aliphatic heterocycles. The van der Waals surface area contributed by atoms with Gasteiger partial charge in [-0.2, -0.15) is 5.26 Å². The SMILES string of the molecule is N#Cc1cccc(OCCN2CCOCC2)c1. The predicted octanol–water partition coefficient (Wildman–Crippen LogP) is 1.27. The summed E-state index contributed by atoms with van der Waals surface area (Å²) in [7, 11) is 0. The summed E-state index contributed by atoms with van der Waals surface area (Å²) in [6, 6.07) is 9.35. The summed E-state index contributed by atoms with van der Waals surface area (Å²) >= 11 is 0. The van der Waals surface area contributed by atoms with Gasteiger partial charge < -0.3 is 9.47 Å². The molecule has 2 rings (SSSR count). The molecular formula is C13H16N2O2. The molecule has 0 aliphatic carbocycles. The van der Waals surface area contributed by atoms with Crippen LogP contribution < -0.4 is 4.74 Å².